The molecular weight excluding hydrogens is 290 g/mol. The van der Waals surface area contributed by atoms with Crippen LogP contribution in [0, 0.1) is 13.8 Å². The van der Waals surface area contributed by atoms with E-state index in [2.05, 4.69) is 53.8 Å². The van der Waals surface area contributed by atoms with E-state index in [9.17, 15) is 0 Å². The Morgan fingerprint density at radius 3 is 2.56 bits per heavy atom. The largest absolute Gasteiger partial charge is 0.489 e. The first kappa shape index (κ1) is 13.6. The number of benzene rings is 1. The molecule has 0 radical (unpaired) electrons. The maximum Gasteiger partial charge on any atom is 0.120 e. The van der Waals surface area contributed by atoms with Gasteiger partial charge in [-0.05, 0) is 55.5 Å². The topological polar surface area (TPSA) is 21.3 Å². The summed E-state index contributed by atoms with van der Waals surface area (Å²) in [5.41, 5.74) is 3.50. The van der Waals surface area contributed by atoms with Gasteiger partial charge in [-0.2, -0.15) is 0 Å². The monoisotopic (exact) mass is 309 g/mol. The van der Waals surface area contributed by atoms with Crippen LogP contribution in [0.4, 0.5) is 0 Å². The number of rotatable bonds is 6. The Kier molecular flexibility index (Phi) is 4.46. The van der Waals surface area contributed by atoms with E-state index in [0.717, 1.165) is 28.4 Å². The Bertz CT molecular complexity index is 429. The van der Waals surface area contributed by atoms with Gasteiger partial charge in [-0.1, -0.05) is 22.5 Å². The number of aryl methyl sites for hydroxylation is 2. The van der Waals surface area contributed by atoms with Crippen LogP contribution in [0.1, 0.15) is 24.0 Å². The molecule has 1 aromatic carbocycles. The SMILES string of the molecule is C=C(CNC1CC1)COc1cc(C)c(Br)c(C)c1. The molecule has 1 saturated carbocycles. The smallest absolute Gasteiger partial charge is 0.120 e. The highest BCUT2D eigenvalue weighted by atomic mass is 79.9. The maximum absolute atomic E-state index is 5.78. The van der Waals surface area contributed by atoms with Crippen LogP contribution < -0.4 is 10.1 Å². The zero-order chi connectivity index (χ0) is 13.1. The summed E-state index contributed by atoms with van der Waals surface area (Å²) in [6.07, 6.45) is 2.61. The summed E-state index contributed by atoms with van der Waals surface area (Å²) in [5.74, 6) is 0.917. The molecule has 0 aliphatic heterocycles. The average molecular weight is 310 g/mol. The lowest BCUT2D eigenvalue weighted by atomic mass is 10.1. The van der Waals surface area contributed by atoms with E-state index in [1.807, 2.05) is 0 Å². The minimum absolute atomic E-state index is 0.584. The van der Waals surface area contributed by atoms with E-state index >= 15 is 0 Å². The van der Waals surface area contributed by atoms with Crippen LogP contribution >= 0.6 is 15.9 Å². The molecular formula is C15H20BrNO. The van der Waals surface area contributed by atoms with E-state index in [-0.39, 0.29) is 0 Å². The summed E-state index contributed by atoms with van der Waals surface area (Å²) in [5, 5.41) is 3.44. The third-order valence-electron chi connectivity index (χ3n) is 3.07. The Balaban J connectivity index is 1.83. The van der Waals surface area contributed by atoms with Gasteiger partial charge in [0.05, 0.1) is 0 Å². The van der Waals surface area contributed by atoms with Gasteiger partial charge in [0.2, 0.25) is 0 Å². The highest BCUT2D eigenvalue weighted by Gasteiger charge is 2.20. The summed E-state index contributed by atoms with van der Waals surface area (Å²) in [6, 6.07) is 4.83. The van der Waals surface area contributed by atoms with Crippen LogP contribution in [0.15, 0.2) is 28.8 Å². The fraction of sp³-hybridized carbons (Fsp3) is 0.467. The van der Waals surface area contributed by atoms with Crippen LogP contribution in [-0.2, 0) is 0 Å². The second kappa shape index (κ2) is 5.89. The van der Waals surface area contributed by atoms with Gasteiger partial charge >= 0.3 is 0 Å². The fourth-order valence-corrected chi connectivity index (χ4v) is 2.03. The zero-order valence-corrected chi connectivity index (χ0v) is 12.6. The molecule has 0 atom stereocenters. The van der Waals surface area contributed by atoms with E-state index in [4.69, 9.17) is 4.74 Å². The Hall–Kier alpha value is -0.800. The second-order valence-electron chi connectivity index (χ2n) is 5.06. The maximum atomic E-state index is 5.78. The van der Waals surface area contributed by atoms with Crippen LogP contribution in [0.25, 0.3) is 0 Å². The van der Waals surface area contributed by atoms with Gasteiger partial charge in [-0.3, -0.25) is 0 Å². The van der Waals surface area contributed by atoms with Gasteiger partial charge in [0.25, 0.3) is 0 Å². The van der Waals surface area contributed by atoms with Gasteiger partial charge in [0.1, 0.15) is 12.4 Å². The molecule has 18 heavy (non-hydrogen) atoms. The van der Waals surface area contributed by atoms with Crippen molar-refractivity contribution in [3.63, 3.8) is 0 Å². The van der Waals surface area contributed by atoms with Gasteiger partial charge in [0, 0.05) is 17.1 Å². The van der Waals surface area contributed by atoms with Crippen molar-refractivity contribution in [1.29, 1.82) is 0 Å². The van der Waals surface area contributed by atoms with Gasteiger partial charge in [-0.15, -0.1) is 0 Å². The van der Waals surface area contributed by atoms with Gasteiger partial charge < -0.3 is 10.1 Å². The molecule has 0 heterocycles. The van der Waals surface area contributed by atoms with Gasteiger partial charge in [0.15, 0.2) is 0 Å². The minimum Gasteiger partial charge on any atom is -0.489 e. The van der Waals surface area contributed by atoms with Gasteiger partial charge in [-0.25, -0.2) is 0 Å². The Morgan fingerprint density at radius 2 is 2.00 bits per heavy atom. The van der Waals surface area contributed by atoms with Crippen molar-refractivity contribution in [2.75, 3.05) is 13.2 Å². The molecule has 0 saturated heterocycles. The molecule has 1 N–H and O–H groups in total. The van der Waals surface area contributed by atoms with Crippen LogP contribution in [0.5, 0.6) is 5.75 Å². The molecule has 1 aromatic rings. The first-order chi connectivity index (χ1) is 8.56. The van der Waals surface area contributed by atoms with E-state index in [1.54, 1.807) is 0 Å². The molecule has 3 heteroatoms. The molecule has 2 rings (SSSR count). The number of nitrogens with one attached hydrogen (secondary N) is 1. The number of ether oxygens (including phenoxy) is 1. The molecule has 0 spiro atoms. The lowest BCUT2D eigenvalue weighted by Gasteiger charge is -2.12. The normalized spacial score (nSPS) is 14.6. The number of hydrogen-bond donors (Lipinski definition) is 1. The highest BCUT2D eigenvalue weighted by Crippen LogP contribution is 2.26. The first-order valence-corrected chi connectivity index (χ1v) is 7.15. The minimum atomic E-state index is 0.584. The van der Waals surface area contributed by atoms with Crippen molar-refractivity contribution in [3.8, 4) is 5.75 Å². The third-order valence-corrected chi connectivity index (χ3v) is 4.32. The van der Waals surface area contributed by atoms with Crippen molar-refractivity contribution in [2.45, 2.75) is 32.7 Å². The Morgan fingerprint density at radius 1 is 1.39 bits per heavy atom. The molecule has 98 valence electrons. The molecule has 0 amide bonds. The van der Waals surface area contributed by atoms with Crippen LogP contribution in [0.3, 0.4) is 0 Å². The highest BCUT2D eigenvalue weighted by molar-refractivity contribution is 9.10. The zero-order valence-electron chi connectivity index (χ0n) is 11.1. The lowest BCUT2D eigenvalue weighted by molar-refractivity contribution is 0.347. The molecule has 2 nitrogen and oxygen atoms in total. The summed E-state index contributed by atoms with van der Waals surface area (Å²) in [7, 11) is 0. The second-order valence-corrected chi connectivity index (χ2v) is 5.86. The molecule has 0 aromatic heterocycles. The summed E-state index contributed by atoms with van der Waals surface area (Å²) < 4.78 is 6.93. The summed E-state index contributed by atoms with van der Waals surface area (Å²) in [4.78, 5) is 0. The standard InChI is InChI=1S/C15H20BrNO/c1-10(8-17-13-4-5-13)9-18-14-6-11(2)15(16)12(3)7-14/h6-7,13,17H,1,4-5,8-9H2,2-3H3. The Labute approximate surface area is 118 Å². The molecule has 1 fully saturated rings. The van der Waals surface area contributed by atoms with Crippen molar-refractivity contribution in [3.05, 3.63) is 39.9 Å². The first-order valence-electron chi connectivity index (χ1n) is 6.36. The fourth-order valence-electron chi connectivity index (χ4n) is 1.80. The van der Waals surface area contributed by atoms with Crippen molar-refractivity contribution >= 4 is 15.9 Å². The molecule has 1 aliphatic rings. The number of halogens is 1. The predicted octanol–water partition coefficient (Wildman–Crippen LogP) is 3.75. The third kappa shape index (κ3) is 3.85. The van der Waals surface area contributed by atoms with E-state index < -0.39 is 0 Å². The predicted molar refractivity (Wildman–Crippen MR) is 79.3 cm³/mol. The molecule has 0 bridgehead atoms. The van der Waals surface area contributed by atoms with Crippen LogP contribution in [-0.4, -0.2) is 19.2 Å². The van der Waals surface area contributed by atoms with Crippen molar-refractivity contribution in [1.82, 2.24) is 5.32 Å². The van der Waals surface area contributed by atoms with Crippen LogP contribution in [0.2, 0.25) is 0 Å². The lowest BCUT2D eigenvalue weighted by Crippen LogP contribution is -2.21. The van der Waals surface area contributed by atoms with Crippen molar-refractivity contribution < 1.29 is 4.74 Å². The molecule has 1 aliphatic carbocycles. The summed E-state index contributed by atoms with van der Waals surface area (Å²) >= 11 is 3.56. The van der Waals surface area contributed by atoms with Crippen molar-refractivity contribution in [2.24, 2.45) is 0 Å². The summed E-state index contributed by atoms with van der Waals surface area (Å²) in [6.45, 7) is 9.63. The number of hydrogen-bond acceptors (Lipinski definition) is 2. The average Bonchev–Trinajstić information content (AvgIpc) is 3.14. The van der Waals surface area contributed by atoms with E-state index in [1.165, 1.54) is 24.0 Å². The van der Waals surface area contributed by atoms with E-state index in [0.29, 0.717) is 6.61 Å². The quantitative estimate of drug-likeness (QED) is 0.808. The molecule has 0 unspecified atom stereocenters.